The van der Waals surface area contributed by atoms with Gasteiger partial charge < -0.3 is 10.6 Å². The highest BCUT2D eigenvalue weighted by Crippen LogP contribution is 2.09. The van der Waals surface area contributed by atoms with Crippen LogP contribution in [0.3, 0.4) is 0 Å². The summed E-state index contributed by atoms with van der Waals surface area (Å²) in [5.74, 6) is 0.714. The molecule has 0 spiro atoms. The zero-order valence-corrected chi connectivity index (χ0v) is 15.6. The van der Waals surface area contributed by atoms with Crippen LogP contribution in [0.4, 0.5) is 0 Å². The third-order valence-corrected chi connectivity index (χ3v) is 4.34. The van der Waals surface area contributed by atoms with Crippen molar-refractivity contribution in [3.63, 3.8) is 0 Å². The molecule has 21 heavy (non-hydrogen) atoms. The number of rotatable bonds is 7. The Morgan fingerprint density at radius 3 is 2.38 bits per heavy atom. The number of hydrogen-bond donors (Lipinski definition) is 2. The molecule has 0 radical (unpaired) electrons. The summed E-state index contributed by atoms with van der Waals surface area (Å²) in [6.07, 6.45) is 0.957. The molecule has 1 aromatic carbocycles. The first kappa shape index (κ1) is 20.2. The number of hydrogen-bond acceptors (Lipinski definition) is 3. The van der Waals surface area contributed by atoms with Gasteiger partial charge in [-0.25, -0.2) is 8.42 Å². The molecule has 0 amide bonds. The molecule has 5 nitrogen and oxygen atoms in total. The second-order valence-electron chi connectivity index (χ2n) is 4.32. The Bertz CT molecular complexity index is 518. The molecule has 0 unspecified atom stereocenters. The summed E-state index contributed by atoms with van der Waals surface area (Å²) >= 11 is 0. The molecule has 0 saturated carbocycles. The fourth-order valence-corrected chi connectivity index (χ4v) is 2.79. The van der Waals surface area contributed by atoms with E-state index < -0.39 is 9.84 Å². The number of benzene rings is 1. The monoisotopic (exact) mass is 425 g/mol. The Morgan fingerprint density at radius 1 is 1.14 bits per heavy atom. The largest absolute Gasteiger partial charge is 0.357 e. The molecule has 0 bridgehead atoms. The van der Waals surface area contributed by atoms with Crippen LogP contribution in [0.5, 0.6) is 0 Å². The first-order valence-corrected chi connectivity index (χ1v) is 8.55. The normalized spacial score (nSPS) is 11.6. The lowest BCUT2D eigenvalue weighted by molar-refractivity contribution is 0.594. The number of sulfone groups is 1. The van der Waals surface area contributed by atoms with Crippen LogP contribution in [0, 0.1) is 0 Å². The van der Waals surface area contributed by atoms with Crippen LogP contribution >= 0.6 is 24.0 Å². The Balaban J connectivity index is 0.00000400. The highest BCUT2D eigenvalue weighted by molar-refractivity contribution is 14.0. The van der Waals surface area contributed by atoms with Crippen molar-refractivity contribution in [2.24, 2.45) is 4.99 Å². The van der Waals surface area contributed by atoms with Crippen LogP contribution in [-0.4, -0.2) is 39.8 Å². The van der Waals surface area contributed by atoms with E-state index in [9.17, 15) is 8.42 Å². The average molecular weight is 425 g/mol. The summed E-state index contributed by atoms with van der Waals surface area (Å²) in [4.78, 5) is 4.68. The van der Waals surface area contributed by atoms with Crippen LogP contribution in [0.2, 0.25) is 0 Å². The minimum atomic E-state index is -3.24. The summed E-state index contributed by atoms with van der Waals surface area (Å²) < 4.78 is 24.2. The van der Waals surface area contributed by atoms with Crippen molar-refractivity contribution in [2.75, 3.05) is 25.4 Å². The summed E-state index contributed by atoms with van der Waals surface area (Å²) in [5.41, 5.74) is 0. The van der Waals surface area contributed by atoms with Gasteiger partial charge in [-0.1, -0.05) is 25.1 Å². The molecule has 120 valence electrons. The molecule has 1 aromatic rings. The molecule has 0 saturated heterocycles. The van der Waals surface area contributed by atoms with Gasteiger partial charge in [-0.3, -0.25) is 4.99 Å². The number of nitrogens with zero attached hydrogens (tertiary/aromatic N) is 1. The molecule has 0 aromatic heterocycles. The second kappa shape index (κ2) is 10.8. The molecule has 0 aliphatic heterocycles. The minimum absolute atomic E-state index is 0. The average Bonchev–Trinajstić information content (AvgIpc) is 2.45. The van der Waals surface area contributed by atoms with Gasteiger partial charge in [0.05, 0.1) is 10.6 Å². The molecule has 1 rings (SSSR count). The topological polar surface area (TPSA) is 70.6 Å². The van der Waals surface area contributed by atoms with Gasteiger partial charge in [0.15, 0.2) is 15.8 Å². The maximum absolute atomic E-state index is 12.1. The van der Waals surface area contributed by atoms with Crippen LogP contribution < -0.4 is 10.6 Å². The van der Waals surface area contributed by atoms with E-state index in [2.05, 4.69) is 15.6 Å². The molecule has 0 aliphatic carbocycles. The molecule has 2 N–H and O–H groups in total. The Hall–Kier alpha value is -0.830. The smallest absolute Gasteiger partial charge is 0.191 e. The lowest BCUT2D eigenvalue weighted by Gasteiger charge is -2.11. The van der Waals surface area contributed by atoms with Gasteiger partial charge in [-0.05, 0) is 25.5 Å². The predicted octanol–water partition coefficient (Wildman–Crippen LogP) is 2.04. The Labute approximate surface area is 144 Å². The van der Waals surface area contributed by atoms with Crippen LogP contribution in [-0.2, 0) is 9.84 Å². The number of nitrogens with one attached hydrogen (secondary N) is 2. The maximum atomic E-state index is 12.1. The van der Waals surface area contributed by atoms with Crippen molar-refractivity contribution in [2.45, 2.75) is 25.2 Å². The lowest BCUT2D eigenvalue weighted by atomic mass is 10.4. The van der Waals surface area contributed by atoms with E-state index in [1.165, 1.54) is 0 Å². The maximum Gasteiger partial charge on any atom is 0.191 e. The summed E-state index contributed by atoms with van der Waals surface area (Å²) in [5, 5.41) is 6.13. The van der Waals surface area contributed by atoms with Crippen molar-refractivity contribution in [3.05, 3.63) is 30.3 Å². The number of guanidine groups is 1. The van der Waals surface area contributed by atoms with Crippen molar-refractivity contribution in [1.82, 2.24) is 10.6 Å². The minimum Gasteiger partial charge on any atom is -0.357 e. The van der Waals surface area contributed by atoms with Gasteiger partial charge in [0.1, 0.15) is 0 Å². The van der Waals surface area contributed by atoms with Gasteiger partial charge in [0.25, 0.3) is 0 Å². The molecule has 0 atom stereocenters. The van der Waals surface area contributed by atoms with Gasteiger partial charge in [0, 0.05) is 19.6 Å². The van der Waals surface area contributed by atoms with E-state index >= 15 is 0 Å². The first-order chi connectivity index (χ1) is 9.60. The van der Waals surface area contributed by atoms with Crippen molar-refractivity contribution < 1.29 is 8.42 Å². The molecular weight excluding hydrogens is 401 g/mol. The number of aliphatic imine (C=N–C) groups is 1. The van der Waals surface area contributed by atoms with Crippen LogP contribution in [0.25, 0.3) is 0 Å². The van der Waals surface area contributed by atoms with Crippen LogP contribution in [0.15, 0.2) is 40.2 Å². The molecular formula is C14H24IN3O2S. The zero-order chi connectivity index (χ0) is 14.8. The lowest BCUT2D eigenvalue weighted by Crippen LogP contribution is -2.39. The van der Waals surface area contributed by atoms with Gasteiger partial charge in [-0.15, -0.1) is 24.0 Å². The standard InChI is InChI=1S/C14H23N3O2S.HI/c1-3-10-16-14(15-4-2)17-11-12-20(18,19)13-8-6-5-7-9-13;/h5-9H,3-4,10-12H2,1-2H3,(H2,15,16,17);1H. The molecule has 0 heterocycles. The number of halogens is 1. The quantitative estimate of drug-likeness (QED) is 0.399. The summed E-state index contributed by atoms with van der Waals surface area (Å²) in [6.45, 7) is 5.84. The highest BCUT2D eigenvalue weighted by Gasteiger charge is 2.13. The predicted molar refractivity (Wildman–Crippen MR) is 98.2 cm³/mol. The first-order valence-electron chi connectivity index (χ1n) is 6.90. The second-order valence-corrected chi connectivity index (χ2v) is 6.43. The fourth-order valence-electron chi connectivity index (χ4n) is 1.61. The molecule has 0 aliphatic rings. The van der Waals surface area contributed by atoms with Crippen LogP contribution in [0.1, 0.15) is 20.3 Å². The Morgan fingerprint density at radius 2 is 1.81 bits per heavy atom. The van der Waals surface area contributed by atoms with E-state index in [4.69, 9.17) is 0 Å². The van der Waals surface area contributed by atoms with Crippen molar-refractivity contribution in [3.8, 4) is 0 Å². The van der Waals surface area contributed by atoms with E-state index in [1.807, 2.05) is 13.8 Å². The van der Waals surface area contributed by atoms with Crippen molar-refractivity contribution in [1.29, 1.82) is 0 Å². The Kier molecular flexibility index (Phi) is 10.4. The highest BCUT2D eigenvalue weighted by atomic mass is 127. The SMILES string of the molecule is CCCN=C(NCC)NCCS(=O)(=O)c1ccccc1.I. The zero-order valence-electron chi connectivity index (χ0n) is 12.5. The third kappa shape index (κ3) is 7.66. The summed E-state index contributed by atoms with van der Waals surface area (Å²) in [6, 6.07) is 8.50. The van der Waals surface area contributed by atoms with E-state index in [-0.39, 0.29) is 29.7 Å². The van der Waals surface area contributed by atoms with E-state index in [0.717, 1.165) is 19.5 Å². The van der Waals surface area contributed by atoms with Crippen molar-refractivity contribution >= 4 is 39.8 Å². The van der Waals surface area contributed by atoms with Gasteiger partial charge in [0.2, 0.25) is 0 Å². The van der Waals surface area contributed by atoms with E-state index in [0.29, 0.717) is 17.4 Å². The van der Waals surface area contributed by atoms with Gasteiger partial charge >= 0.3 is 0 Å². The molecule has 7 heteroatoms. The van der Waals surface area contributed by atoms with Gasteiger partial charge in [-0.2, -0.15) is 0 Å². The molecule has 0 fully saturated rings. The van der Waals surface area contributed by atoms with E-state index in [1.54, 1.807) is 30.3 Å². The third-order valence-electron chi connectivity index (χ3n) is 2.60. The summed E-state index contributed by atoms with van der Waals surface area (Å²) in [7, 11) is -3.24. The fraction of sp³-hybridized carbons (Fsp3) is 0.500.